The number of unbranched alkanes of at least 4 members (excludes halogenated alkanes) is 24. The molecule has 2 atom stereocenters. The fourth-order valence-corrected chi connectivity index (χ4v) is 6.91. The molecule has 0 N–H and O–H groups in total. The third-order valence-electron chi connectivity index (χ3n) is 9.65. The summed E-state index contributed by atoms with van der Waals surface area (Å²) in [7, 11) is 0. The fourth-order valence-electron chi connectivity index (χ4n) is 6.91. The largest absolute Gasteiger partial charge is 0.299 e. The van der Waals surface area contributed by atoms with E-state index in [0.717, 1.165) is 38.5 Å². The van der Waals surface area contributed by atoms with E-state index in [4.69, 9.17) is 0 Å². The first-order valence-electron chi connectivity index (χ1n) is 18.8. The highest BCUT2D eigenvalue weighted by Gasteiger charge is 2.34. The highest BCUT2D eigenvalue weighted by Crippen LogP contribution is 2.34. The fraction of sp³-hybridized carbons (Fsp3) is 0.947. The SMILES string of the molecule is CCCCCCCCCCCCCCCC(=O)C1CCCCC1C(=O)CCCCCCCCCCCCCCC. The lowest BCUT2D eigenvalue weighted by Gasteiger charge is -2.29. The lowest BCUT2D eigenvalue weighted by atomic mass is 9.73. The van der Waals surface area contributed by atoms with E-state index < -0.39 is 0 Å². The maximum atomic E-state index is 13.1. The van der Waals surface area contributed by atoms with Crippen LogP contribution in [0.25, 0.3) is 0 Å². The van der Waals surface area contributed by atoms with Crippen LogP contribution in [-0.4, -0.2) is 11.6 Å². The van der Waals surface area contributed by atoms with Crippen LogP contribution in [0.15, 0.2) is 0 Å². The van der Waals surface area contributed by atoms with Crippen molar-refractivity contribution in [3.63, 3.8) is 0 Å². The van der Waals surface area contributed by atoms with Gasteiger partial charge in [-0.2, -0.15) is 0 Å². The van der Waals surface area contributed by atoms with Crippen LogP contribution in [-0.2, 0) is 9.59 Å². The van der Waals surface area contributed by atoms with Crippen molar-refractivity contribution in [2.75, 3.05) is 0 Å². The number of carbonyl (C=O) groups is 2. The normalized spacial score (nSPS) is 17.4. The van der Waals surface area contributed by atoms with Gasteiger partial charge in [-0.15, -0.1) is 0 Å². The number of carbonyl (C=O) groups excluding carboxylic acids is 2. The number of rotatable bonds is 30. The maximum absolute atomic E-state index is 13.1. The van der Waals surface area contributed by atoms with Crippen molar-refractivity contribution in [2.24, 2.45) is 11.8 Å². The second kappa shape index (κ2) is 28.5. The minimum absolute atomic E-state index is 0.0422. The van der Waals surface area contributed by atoms with E-state index in [2.05, 4.69) is 13.8 Å². The van der Waals surface area contributed by atoms with Crippen molar-refractivity contribution in [2.45, 2.75) is 219 Å². The molecule has 1 fully saturated rings. The van der Waals surface area contributed by atoms with Gasteiger partial charge in [0.2, 0.25) is 0 Å². The molecule has 2 unspecified atom stereocenters. The summed E-state index contributed by atoms with van der Waals surface area (Å²) in [5, 5.41) is 0. The molecule has 1 aliphatic carbocycles. The van der Waals surface area contributed by atoms with Gasteiger partial charge in [-0.3, -0.25) is 9.59 Å². The van der Waals surface area contributed by atoms with Gasteiger partial charge in [-0.05, 0) is 25.7 Å². The zero-order valence-electron chi connectivity index (χ0n) is 27.6. The molecule has 2 nitrogen and oxygen atoms in total. The molecule has 0 saturated heterocycles. The average molecular weight is 561 g/mol. The lowest BCUT2D eigenvalue weighted by molar-refractivity contribution is -0.134. The van der Waals surface area contributed by atoms with Crippen molar-refractivity contribution in [3.8, 4) is 0 Å². The molecular formula is C38H72O2. The molecule has 0 bridgehead atoms. The molecule has 236 valence electrons. The molecule has 0 heterocycles. The van der Waals surface area contributed by atoms with Gasteiger partial charge in [-0.25, -0.2) is 0 Å². The molecule has 2 heteroatoms. The van der Waals surface area contributed by atoms with Crippen LogP contribution in [0.3, 0.4) is 0 Å². The average Bonchev–Trinajstić information content (AvgIpc) is 2.97. The van der Waals surface area contributed by atoms with Crippen LogP contribution in [0.5, 0.6) is 0 Å². The zero-order chi connectivity index (χ0) is 28.9. The van der Waals surface area contributed by atoms with Gasteiger partial charge < -0.3 is 0 Å². The zero-order valence-corrected chi connectivity index (χ0v) is 27.6. The smallest absolute Gasteiger partial charge is 0.136 e. The van der Waals surface area contributed by atoms with Crippen LogP contribution >= 0.6 is 0 Å². The van der Waals surface area contributed by atoms with E-state index in [0.29, 0.717) is 24.4 Å². The Kier molecular flexibility index (Phi) is 26.6. The molecule has 1 saturated carbocycles. The standard InChI is InChI=1S/C38H72O2/c1-3-5-7-9-11-13-15-17-19-21-23-25-27-33-37(39)35-31-29-30-32-36(35)38(40)34-28-26-24-22-20-18-16-14-12-10-8-6-4-2/h35-36H,3-34H2,1-2H3. The summed E-state index contributed by atoms with van der Waals surface area (Å²) >= 11 is 0. The summed E-state index contributed by atoms with van der Waals surface area (Å²) in [6, 6.07) is 0. The van der Waals surface area contributed by atoms with Gasteiger partial charge >= 0.3 is 0 Å². The predicted octanol–water partition coefficient (Wildman–Crippen LogP) is 12.9. The minimum Gasteiger partial charge on any atom is -0.299 e. The Hall–Kier alpha value is -0.660. The Morgan fingerprint density at radius 2 is 0.600 bits per heavy atom. The molecule has 0 aromatic rings. The quantitative estimate of drug-likeness (QED) is 0.0818. The van der Waals surface area contributed by atoms with Gasteiger partial charge in [0.25, 0.3) is 0 Å². The highest BCUT2D eigenvalue weighted by molar-refractivity contribution is 5.90. The van der Waals surface area contributed by atoms with Crippen molar-refractivity contribution < 1.29 is 9.59 Å². The van der Waals surface area contributed by atoms with Crippen molar-refractivity contribution in [1.29, 1.82) is 0 Å². The summed E-state index contributed by atoms with van der Waals surface area (Å²) in [5.41, 5.74) is 0. The van der Waals surface area contributed by atoms with Crippen LogP contribution in [0, 0.1) is 11.8 Å². The van der Waals surface area contributed by atoms with E-state index in [-0.39, 0.29) is 11.8 Å². The third-order valence-corrected chi connectivity index (χ3v) is 9.65. The Morgan fingerprint density at radius 3 is 0.850 bits per heavy atom. The van der Waals surface area contributed by atoms with Crippen LogP contribution < -0.4 is 0 Å². The maximum Gasteiger partial charge on any atom is 0.136 e. The molecule has 0 radical (unpaired) electrons. The molecule has 1 rings (SSSR count). The number of Topliss-reactive ketones (excluding diaryl/α,β-unsaturated/α-hetero) is 2. The predicted molar refractivity (Wildman–Crippen MR) is 176 cm³/mol. The Labute approximate surface area is 252 Å². The summed E-state index contributed by atoms with van der Waals surface area (Å²) in [6.07, 6.45) is 40.4. The Bertz CT molecular complexity index is 518. The number of hydrogen-bond donors (Lipinski definition) is 0. The van der Waals surface area contributed by atoms with E-state index in [1.807, 2.05) is 0 Å². The van der Waals surface area contributed by atoms with Crippen molar-refractivity contribution >= 4 is 11.6 Å². The number of ketones is 2. The lowest BCUT2D eigenvalue weighted by Crippen LogP contribution is -2.32. The minimum atomic E-state index is 0.0422. The van der Waals surface area contributed by atoms with Gasteiger partial charge in [0.15, 0.2) is 0 Å². The second-order valence-corrected chi connectivity index (χ2v) is 13.4. The molecule has 0 aliphatic heterocycles. The Balaban J connectivity index is 2.03. The number of hydrogen-bond acceptors (Lipinski definition) is 2. The summed E-state index contributed by atoms with van der Waals surface area (Å²) in [5.74, 6) is 0.902. The first-order valence-corrected chi connectivity index (χ1v) is 18.8. The van der Waals surface area contributed by atoms with Crippen molar-refractivity contribution in [3.05, 3.63) is 0 Å². The second-order valence-electron chi connectivity index (χ2n) is 13.4. The summed E-state index contributed by atoms with van der Waals surface area (Å²) in [4.78, 5) is 26.1. The van der Waals surface area contributed by atoms with Gasteiger partial charge in [0.05, 0.1) is 0 Å². The summed E-state index contributed by atoms with van der Waals surface area (Å²) < 4.78 is 0. The topological polar surface area (TPSA) is 34.1 Å². The van der Waals surface area contributed by atoms with Crippen LogP contribution in [0.2, 0.25) is 0 Å². The van der Waals surface area contributed by atoms with E-state index in [1.165, 1.54) is 154 Å². The molecule has 0 amide bonds. The molecule has 1 aliphatic rings. The monoisotopic (exact) mass is 561 g/mol. The van der Waals surface area contributed by atoms with Crippen LogP contribution in [0.4, 0.5) is 0 Å². The van der Waals surface area contributed by atoms with Gasteiger partial charge in [0, 0.05) is 24.7 Å². The molecule has 0 spiro atoms. The summed E-state index contributed by atoms with van der Waals surface area (Å²) in [6.45, 7) is 4.57. The molecular weight excluding hydrogens is 488 g/mol. The molecule has 0 aromatic carbocycles. The van der Waals surface area contributed by atoms with Crippen LogP contribution in [0.1, 0.15) is 219 Å². The van der Waals surface area contributed by atoms with E-state index in [9.17, 15) is 9.59 Å². The Morgan fingerprint density at radius 1 is 0.375 bits per heavy atom. The van der Waals surface area contributed by atoms with Crippen molar-refractivity contribution in [1.82, 2.24) is 0 Å². The first-order chi connectivity index (χ1) is 19.7. The third kappa shape index (κ3) is 21.1. The van der Waals surface area contributed by atoms with E-state index in [1.54, 1.807) is 0 Å². The van der Waals surface area contributed by atoms with Gasteiger partial charge in [-0.1, -0.05) is 181 Å². The van der Waals surface area contributed by atoms with E-state index >= 15 is 0 Å². The first kappa shape index (κ1) is 37.4. The van der Waals surface area contributed by atoms with Gasteiger partial charge in [0.1, 0.15) is 11.6 Å². The molecule has 0 aromatic heterocycles. The molecule has 40 heavy (non-hydrogen) atoms. The highest BCUT2D eigenvalue weighted by atomic mass is 16.1.